The summed E-state index contributed by atoms with van der Waals surface area (Å²) in [6.45, 7) is 13.0. The van der Waals surface area contributed by atoms with Crippen LogP contribution in [0.15, 0.2) is 49.6 Å². The van der Waals surface area contributed by atoms with Crippen molar-refractivity contribution in [2.75, 3.05) is 46.5 Å². The van der Waals surface area contributed by atoms with Gasteiger partial charge in [-0.25, -0.2) is 0 Å². The van der Waals surface area contributed by atoms with E-state index < -0.39 is 4.92 Å². The number of anilines is 1. The summed E-state index contributed by atoms with van der Waals surface area (Å²) >= 11 is 5.84. The van der Waals surface area contributed by atoms with Gasteiger partial charge in [-0.1, -0.05) is 36.9 Å². The summed E-state index contributed by atoms with van der Waals surface area (Å²) in [6.07, 6.45) is 6.35. The first kappa shape index (κ1) is 33.8. The van der Waals surface area contributed by atoms with E-state index in [0.29, 0.717) is 5.56 Å². The third kappa shape index (κ3) is 8.34. The van der Waals surface area contributed by atoms with E-state index in [1.54, 1.807) is 24.3 Å². The van der Waals surface area contributed by atoms with E-state index in [0.717, 1.165) is 86.5 Å². The van der Waals surface area contributed by atoms with Crippen molar-refractivity contribution in [2.45, 2.75) is 38.9 Å². The van der Waals surface area contributed by atoms with Gasteiger partial charge in [-0.15, -0.1) is 0 Å². The largest absolute Gasteiger partial charge is 0.398 e. The molecule has 0 fully saturated rings. The molecule has 3 aromatic carbocycles. The van der Waals surface area contributed by atoms with E-state index in [9.17, 15) is 20.2 Å². The van der Waals surface area contributed by atoms with Gasteiger partial charge in [0.25, 0.3) is 11.4 Å². The fourth-order valence-electron chi connectivity index (χ4n) is 5.89. The number of fused-ring (bicyclic) bond motifs is 3. The molecule has 45 heavy (non-hydrogen) atoms. The molecule has 3 aliphatic heterocycles. The first-order valence-corrected chi connectivity index (χ1v) is 15.3. The van der Waals surface area contributed by atoms with Crippen LogP contribution >= 0.6 is 11.6 Å². The molecule has 10 nitrogen and oxygen atoms in total. The Morgan fingerprint density at radius 1 is 0.667 bits per heavy atom. The zero-order valence-corrected chi connectivity index (χ0v) is 27.0. The standard InChI is InChI=1S/C12H14N2O2.C12H16N2.C10H11ClN2O2/c1-3-9-6-10-4-5-13(2)8-11(10)7-12(9)14(15)16;1-3-9-6-10-4-5-14(2)8-11(10)7-12(9)13;1-12-3-2-7-4-9(11)10(13(14)15)5-8(7)6-12/h3,6-7H,1,4-5,8H2,2H3;3,6-7H,1,4-5,8,13H2,2H3;4-5H,2-3,6H2,1H3. The van der Waals surface area contributed by atoms with Gasteiger partial charge in [0.05, 0.1) is 15.4 Å². The number of nitro benzene ring substituents is 2. The van der Waals surface area contributed by atoms with Crippen molar-refractivity contribution in [3.8, 4) is 0 Å². The lowest BCUT2D eigenvalue weighted by Gasteiger charge is -2.25. The molecule has 0 saturated heterocycles. The predicted octanol–water partition coefficient (Wildman–Crippen LogP) is 6.36. The minimum Gasteiger partial charge on any atom is -0.398 e. The molecular weight excluding hydrogens is 592 g/mol. The second kappa shape index (κ2) is 14.8. The van der Waals surface area contributed by atoms with Crippen molar-refractivity contribution in [3.63, 3.8) is 0 Å². The van der Waals surface area contributed by atoms with Gasteiger partial charge in [-0.05, 0) is 104 Å². The highest BCUT2D eigenvalue weighted by atomic mass is 35.5. The van der Waals surface area contributed by atoms with Crippen molar-refractivity contribution in [2.24, 2.45) is 0 Å². The van der Waals surface area contributed by atoms with Crippen molar-refractivity contribution >= 4 is 40.8 Å². The molecule has 0 radical (unpaired) electrons. The topological polar surface area (TPSA) is 122 Å². The van der Waals surface area contributed by atoms with Crippen LogP contribution in [0.5, 0.6) is 0 Å². The van der Waals surface area contributed by atoms with E-state index >= 15 is 0 Å². The molecular formula is C34H41ClN6O4. The van der Waals surface area contributed by atoms with Crippen molar-refractivity contribution in [1.29, 1.82) is 0 Å². The first-order chi connectivity index (χ1) is 21.4. The molecule has 0 amide bonds. The highest BCUT2D eigenvalue weighted by Gasteiger charge is 2.21. The minimum absolute atomic E-state index is 0.00529. The van der Waals surface area contributed by atoms with Crippen LogP contribution in [0, 0.1) is 20.2 Å². The first-order valence-electron chi connectivity index (χ1n) is 14.9. The maximum atomic E-state index is 10.9. The van der Waals surface area contributed by atoms with Gasteiger partial charge < -0.3 is 20.4 Å². The normalized spacial score (nSPS) is 16.0. The summed E-state index contributed by atoms with van der Waals surface area (Å²) in [5, 5.41) is 21.8. The van der Waals surface area contributed by atoms with Crippen LogP contribution in [0.2, 0.25) is 5.02 Å². The Labute approximate surface area is 269 Å². The number of hydrogen-bond acceptors (Lipinski definition) is 8. The Morgan fingerprint density at radius 2 is 1.07 bits per heavy atom. The molecule has 3 aliphatic rings. The molecule has 3 heterocycles. The van der Waals surface area contributed by atoms with E-state index in [4.69, 9.17) is 17.3 Å². The van der Waals surface area contributed by atoms with E-state index in [1.807, 2.05) is 26.2 Å². The third-order valence-corrected chi connectivity index (χ3v) is 8.77. The van der Waals surface area contributed by atoms with E-state index in [-0.39, 0.29) is 21.3 Å². The summed E-state index contributed by atoms with van der Waals surface area (Å²) in [4.78, 5) is 27.4. The molecule has 0 aliphatic carbocycles. The van der Waals surface area contributed by atoms with Crippen molar-refractivity contribution in [1.82, 2.24) is 14.7 Å². The van der Waals surface area contributed by atoms with Crippen LogP contribution in [0.3, 0.4) is 0 Å². The number of halogens is 1. The average molecular weight is 633 g/mol. The van der Waals surface area contributed by atoms with Crippen LogP contribution in [0.25, 0.3) is 12.2 Å². The summed E-state index contributed by atoms with van der Waals surface area (Å²) in [6, 6.07) is 11.2. The van der Waals surface area contributed by atoms with Gasteiger partial charge >= 0.3 is 0 Å². The highest BCUT2D eigenvalue weighted by Crippen LogP contribution is 2.31. The maximum absolute atomic E-state index is 10.9. The van der Waals surface area contributed by atoms with Gasteiger partial charge in [0, 0.05) is 57.1 Å². The summed E-state index contributed by atoms with van der Waals surface area (Å²) in [5.74, 6) is 0. The smallest absolute Gasteiger partial charge is 0.288 e. The van der Waals surface area contributed by atoms with Crippen LogP contribution < -0.4 is 5.73 Å². The van der Waals surface area contributed by atoms with Crippen LogP contribution in [-0.4, -0.2) is 65.3 Å². The Hall–Kier alpha value is -4.09. The zero-order valence-electron chi connectivity index (χ0n) is 26.2. The third-order valence-electron chi connectivity index (χ3n) is 8.47. The number of benzene rings is 3. The SMILES string of the molecule is C=Cc1cc2c(cc1N)CN(C)CC2.C=Cc1cc2c(cc1[N+](=O)[O-])CN(C)CC2.CN1CCc2cc(Cl)c([N+](=O)[O-])cc2C1. The minimum atomic E-state index is -0.433. The molecule has 2 N–H and O–H groups in total. The Kier molecular flexibility index (Phi) is 11.1. The lowest BCUT2D eigenvalue weighted by Crippen LogP contribution is -2.26. The molecule has 6 rings (SSSR count). The molecule has 0 unspecified atom stereocenters. The quantitative estimate of drug-likeness (QED) is 0.200. The van der Waals surface area contributed by atoms with Crippen molar-refractivity contribution in [3.05, 3.63) is 119 Å². The maximum Gasteiger partial charge on any atom is 0.288 e. The zero-order chi connectivity index (χ0) is 32.8. The number of nitrogen functional groups attached to an aromatic ring is 1. The van der Waals surface area contributed by atoms with Crippen LogP contribution in [0.1, 0.15) is 44.5 Å². The van der Waals surface area contributed by atoms with Gasteiger partial charge in [0.15, 0.2) is 0 Å². The number of hydrogen-bond donors (Lipinski definition) is 1. The number of nitrogens with zero attached hydrogens (tertiary/aromatic N) is 5. The van der Waals surface area contributed by atoms with Gasteiger partial charge in [0.2, 0.25) is 0 Å². The van der Waals surface area contributed by atoms with Crippen LogP contribution in [-0.2, 0) is 38.9 Å². The second-order valence-electron chi connectivity index (χ2n) is 11.9. The number of nitro groups is 2. The fraction of sp³-hybridized carbons (Fsp3) is 0.353. The highest BCUT2D eigenvalue weighted by molar-refractivity contribution is 6.32. The molecule has 0 spiro atoms. The lowest BCUT2D eigenvalue weighted by molar-refractivity contribution is -0.385. The number of rotatable bonds is 4. The number of nitrogens with two attached hydrogens (primary N) is 1. The monoisotopic (exact) mass is 632 g/mol. The predicted molar refractivity (Wildman–Crippen MR) is 182 cm³/mol. The second-order valence-corrected chi connectivity index (χ2v) is 12.3. The average Bonchev–Trinajstić information content (AvgIpc) is 3.00. The van der Waals surface area contributed by atoms with Crippen molar-refractivity contribution < 1.29 is 9.85 Å². The Balaban J connectivity index is 0.000000154. The molecule has 0 saturated carbocycles. The molecule has 0 atom stereocenters. The molecule has 238 valence electrons. The Bertz CT molecular complexity index is 1620. The fourth-order valence-corrected chi connectivity index (χ4v) is 6.15. The Morgan fingerprint density at radius 3 is 1.51 bits per heavy atom. The molecule has 3 aromatic rings. The molecule has 0 bridgehead atoms. The van der Waals surface area contributed by atoms with Crippen LogP contribution in [0.4, 0.5) is 17.1 Å². The van der Waals surface area contributed by atoms with E-state index in [1.165, 1.54) is 16.7 Å². The summed E-state index contributed by atoms with van der Waals surface area (Å²) < 4.78 is 0. The number of likely N-dealkylation sites (N-methyl/N-ethyl adjacent to an activating group) is 3. The summed E-state index contributed by atoms with van der Waals surface area (Å²) in [5.41, 5.74) is 15.8. The van der Waals surface area contributed by atoms with Gasteiger partial charge in [-0.3, -0.25) is 20.2 Å². The van der Waals surface area contributed by atoms with E-state index in [2.05, 4.69) is 47.0 Å². The summed E-state index contributed by atoms with van der Waals surface area (Å²) in [7, 11) is 6.17. The lowest BCUT2D eigenvalue weighted by atomic mass is 9.96. The molecule has 11 heteroatoms. The molecule has 0 aromatic heterocycles. The van der Waals surface area contributed by atoms with Gasteiger partial charge in [0.1, 0.15) is 5.02 Å². The van der Waals surface area contributed by atoms with Gasteiger partial charge in [-0.2, -0.15) is 0 Å².